The third-order valence-corrected chi connectivity index (χ3v) is 3.22. The number of hydrogen-bond donors (Lipinski definition) is 1. The van der Waals surface area contributed by atoms with Gasteiger partial charge in [0.25, 0.3) is 0 Å². The molecule has 1 aromatic rings. The molecule has 1 aliphatic rings. The molecular weight excluding hydrogens is 230 g/mol. The molecule has 2 rings (SSSR count). The van der Waals surface area contributed by atoms with Gasteiger partial charge in [-0.05, 0) is 25.0 Å². The van der Waals surface area contributed by atoms with Crippen LogP contribution in [0.25, 0.3) is 0 Å². The minimum absolute atomic E-state index is 0.0902. The number of aryl methyl sites for hydroxylation is 1. The fourth-order valence-corrected chi connectivity index (χ4v) is 2.26. The van der Waals surface area contributed by atoms with Gasteiger partial charge in [-0.25, -0.2) is 0 Å². The van der Waals surface area contributed by atoms with Gasteiger partial charge >= 0.3 is 0 Å². The van der Waals surface area contributed by atoms with E-state index in [1.165, 1.54) is 0 Å². The van der Waals surface area contributed by atoms with Crippen molar-refractivity contribution in [2.45, 2.75) is 25.4 Å². The van der Waals surface area contributed by atoms with E-state index in [9.17, 15) is 9.90 Å². The van der Waals surface area contributed by atoms with Crippen molar-refractivity contribution in [2.75, 3.05) is 20.2 Å². The summed E-state index contributed by atoms with van der Waals surface area (Å²) >= 11 is 0. The third-order valence-electron chi connectivity index (χ3n) is 3.22. The Kier molecular flexibility index (Phi) is 3.57. The lowest BCUT2D eigenvalue weighted by molar-refractivity contribution is -0.152. The predicted octanol–water partition coefficient (Wildman–Crippen LogP) is 1.22. The second-order valence-corrected chi connectivity index (χ2v) is 5.06. The zero-order chi connectivity index (χ0) is 13.2. The van der Waals surface area contributed by atoms with Gasteiger partial charge < -0.3 is 14.7 Å². The Morgan fingerprint density at radius 1 is 1.44 bits per heavy atom. The van der Waals surface area contributed by atoms with Crippen molar-refractivity contribution < 1.29 is 14.6 Å². The first-order valence-electron chi connectivity index (χ1n) is 6.14. The molecule has 4 heteroatoms. The number of carbonyl (C=O) groups is 1. The van der Waals surface area contributed by atoms with Crippen LogP contribution in [0.4, 0.5) is 0 Å². The molecule has 1 fully saturated rings. The van der Waals surface area contributed by atoms with E-state index in [4.69, 9.17) is 4.74 Å². The van der Waals surface area contributed by atoms with Crippen molar-refractivity contribution in [2.24, 2.45) is 0 Å². The van der Waals surface area contributed by atoms with E-state index in [0.29, 0.717) is 25.9 Å². The molecular formula is C14H19NO3. The van der Waals surface area contributed by atoms with E-state index in [1.54, 1.807) is 18.9 Å². The highest BCUT2D eigenvalue weighted by Crippen LogP contribution is 2.23. The topological polar surface area (TPSA) is 49.8 Å². The molecule has 0 spiro atoms. The predicted molar refractivity (Wildman–Crippen MR) is 68.5 cm³/mol. The van der Waals surface area contributed by atoms with Crippen molar-refractivity contribution in [3.63, 3.8) is 0 Å². The smallest absolute Gasteiger partial charge is 0.223 e. The van der Waals surface area contributed by atoms with Crippen LogP contribution in [0.3, 0.4) is 0 Å². The second-order valence-electron chi connectivity index (χ2n) is 5.06. The van der Waals surface area contributed by atoms with Crippen LogP contribution in [0.5, 0.6) is 5.75 Å². The Bertz CT molecular complexity index is 434. The maximum Gasteiger partial charge on any atom is 0.223 e. The SMILES string of the molecule is COc1ccccc1CCC(=O)N1CC(C)(O)C1. The molecule has 0 unspecified atom stereocenters. The summed E-state index contributed by atoms with van der Waals surface area (Å²) in [6.45, 7) is 2.63. The van der Waals surface area contributed by atoms with Crippen LogP contribution >= 0.6 is 0 Å². The Hall–Kier alpha value is -1.55. The van der Waals surface area contributed by atoms with Crippen molar-refractivity contribution in [1.82, 2.24) is 4.90 Å². The Balaban J connectivity index is 1.86. The van der Waals surface area contributed by atoms with Crippen LogP contribution < -0.4 is 4.74 Å². The first kappa shape index (κ1) is 12.9. The van der Waals surface area contributed by atoms with E-state index >= 15 is 0 Å². The van der Waals surface area contributed by atoms with Crippen LogP contribution in [0.15, 0.2) is 24.3 Å². The number of likely N-dealkylation sites (tertiary alicyclic amines) is 1. The molecule has 18 heavy (non-hydrogen) atoms. The van der Waals surface area contributed by atoms with Gasteiger partial charge in [-0.1, -0.05) is 18.2 Å². The Labute approximate surface area is 107 Å². The highest BCUT2D eigenvalue weighted by molar-refractivity contribution is 5.77. The molecule has 0 saturated carbocycles. The molecule has 1 N–H and O–H groups in total. The molecule has 4 nitrogen and oxygen atoms in total. The van der Waals surface area contributed by atoms with E-state index in [1.807, 2.05) is 24.3 Å². The van der Waals surface area contributed by atoms with Gasteiger partial charge in [-0.3, -0.25) is 4.79 Å². The van der Waals surface area contributed by atoms with Gasteiger partial charge in [-0.15, -0.1) is 0 Å². The molecule has 0 bridgehead atoms. The number of ether oxygens (including phenoxy) is 1. The van der Waals surface area contributed by atoms with Crippen LogP contribution in [0.1, 0.15) is 18.9 Å². The summed E-state index contributed by atoms with van der Waals surface area (Å²) in [4.78, 5) is 13.5. The summed E-state index contributed by atoms with van der Waals surface area (Å²) in [5, 5.41) is 9.59. The minimum Gasteiger partial charge on any atom is -0.496 e. The van der Waals surface area contributed by atoms with Crippen molar-refractivity contribution in [3.05, 3.63) is 29.8 Å². The molecule has 1 amide bonds. The highest BCUT2D eigenvalue weighted by atomic mass is 16.5. The summed E-state index contributed by atoms with van der Waals surface area (Å²) in [5.41, 5.74) is 0.348. The zero-order valence-corrected chi connectivity index (χ0v) is 10.8. The number of methoxy groups -OCH3 is 1. The van der Waals surface area contributed by atoms with Gasteiger partial charge in [0, 0.05) is 6.42 Å². The first-order chi connectivity index (χ1) is 8.52. The van der Waals surface area contributed by atoms with Crippen molar-refractivity contribution in [3.8, 4) is 5.75 Å². The summed E-state index contributed by atoms with van der Waals surface area (Å²) in [6.07, 6.45) is 1.12. The van der Waals surface area contributed by atoms with Crippen LogP contribution in [-0.2, 0) is 11.2 Å². The number of hydrogen-bond acceptors (Lipinski definition) is 3. The summed E-state index contributed by atoms with van der Waals surface area (Å²) < 4.78 is 5.25. The lowest BCUT2D eigenvalue weighted by atomic mass is 9.96. The summed E-state index contributed by atoms with van der Waals surface area (Å²) in [6, 6.07) is 7.72. The van der Waals surface area contributed by atoms with Crippen LogP contribution in [-0.4, -0.2) is 41.7 Å². The number of rotatable bonds is 4. The minimum atomic E-state index is -0.694. The first-order valence-corrected chi connectivity index (χ1v) is 6.14. The average molecular weight is 249 g/mol. The lowest BCUT2D eigenvalue weighted by Crippen LogP contribution is -2.61. The number of aliphatic hydroxyl groups is 1. The zero-order valence-electron chi connectivity index (χ0n) is 10.8. The summed E-state index contributed by atoms with van der Waals surface area (Å²) in [7, 11) is 1.63. The van der Waals surface area contributed by atoms with Gasteiger partial charge in [0.15, 0.2) is 0 Å². The molecule has 1 aromatic carbocycles. The Morgan fingerprint density at radius 3 is 2.72 bits per heavy atom. The molecule has 1 aliphatic heterocycles. The standard InChI is InChI=1S/C14H19NO3/c1-14(17)9-15(10-14)13(16)8-7-11-5-3-4-6-12(11)18-2/h3-6,17H,7-10H2,1-2H3. The quantitative estimate of drug-likeness (QED) is 0.873. The number of benzene rings is 1. The normalized spacial score (nSPS) is 17.2. The molecule has 0 atom stereocenters. The maximum absolute atomic E-state index is 11.9. The monoisotopic (exact) mass is 249 g/mol. The third kappa shape index (κ3) is 2.82. The molecule has 0 aliphatic carbocycles. The van der Waals surface area contributed by atoms with E-state index in [2.05, 4.69) is 0 Å². The summed E-state index contributed by atoms with van der Waals surface area (Å²) in [5.74, 6) is 0.910. The number of carbonyl (C=O) groups excluding carboxylic acids is 1. The number of β-amino-alcohol motifs (C(OH)–C–C–N with tert-alkyl or cyclic N) is 1. The fraction of sp³-hybridized carbons (Fsp3) is 0.500. The van der Waals surface area contributed by atoms with Gasteiger partial charge in [0.1, 0.15) is 5.75 Å². The highest BCUT2D eigenvalue weighted by Gasteiger charge is 2.38. The van der Waals surface area contributed by atoms with E-state index in [0.717, 1.165) is 11.3 Å². The lowest BCUT2D eigenvalue weighted by Gasteiger charge is -2.44. The van der Waals surface area contributed by atoms with Crippen LogP contribution in [0.2, 0.25) is 0 Å². The van der Waals surface area contributed by atoms with Crippen LogP contribution in [0, 0.1) is 0 Å². The molecule has 98 valence electrons. The molecule has 1 heterocycles. The van der Waals surface area contributed by atoms with Gasteiger partial charge in [0.05, 0.1) is 25.8 Å². The Morgan fingerprint density at radius 2 is 2.11 bits per heavy atom. The maximum atomic E-state index is 11.9. The molecule has 0 aromatic heterocycles. The molecule has 0 radical (unpaired) electrons. The number of amides is 1. The number of para-hydroxylation sites is 1. The molecule has 1 saturated heterocycles. The van der Waals surface area contributed by atoms with Gasteiger partial charge in [-0.2, -0.15) is 0 Å². The second kappa shape index (κ2) is 4.98. The van der Waals surface area contributed by atoms with Crippen molar-refractivity contribution >= 4 is 5.91 Å². The van der Waals surface area contributed by atoms with Gasteiger partial charge in [0.2, 0.25) is 5.91 Å². The van der Waals surface area contributed by atoms with Crippen molar-refractivity contribution in [1.29, 1.82) is 0 Å². The number of nitrogens with zero attached hydrogens (tertiary/aromatic N) is 1. The fourth-order valence-electron chi connectivity index (χ4n) is 2.26. The van der Waals surface area contributed by atoms with E-state index in [-0.39, 0.29) is 5.91 Å². The van der Waals surface area contributed by atoms with E-state index < -0.39 is 5.60 Å². The average Bonchev–Trinajstić information content (AvgIpc) is 2.33. The largest absolute Gasteiger partial charge is 0.496 e.